The lowest BCUT2D eigenvalue weighted by Crippen LogP contribution is -2.50. The molecule has 1 saturated heterocycles. The van der Waals surface area contributed by atoms with Crippen LogP contribution in [0.15, 0.2) is 24.3 Å². The predicted molar refractivity (Wildman–Crippen MR) is 95.2 cm³/mol. The quantitative estimate of drug-likeness (QED) is 0.855. The number of likely N-dealkylation sites (tertiary alicyclic amines) is 1. The summed E-state index contributed by atoms with van der Waals surface area (Å²) in [6.45, 7) is 3.33. The molecule has 4 nitrogen and oxygen atoms in total. The molecule has 4 heteroatoms. The van der Waals surface area contributed by atoms with Gasteiger partial charge >= 0.3 is 6.03 Å². The number of hydrogen-bond donors (Lipinski definition) is 1. The van der Waals surface area contributed by atoms with Crippen molar-refractivity contribution in [1.82, 2.24) is 10.2 Å². The molecule has 1 unspecified atom stereocenters. The summed E-state index contributed by atoms with van der Waals surface area (Å²) < 4.78 is 0. The number of Topliss-reactive ketones (excluding diaryl/α,β-unsaturated/α-hetero) is 1. The fourth-order valence-corrected chi connectivity index (χ4v) is 3.84. The zero-order valence-electron chi connectivity index (χ0n) is 14.6. The van der Waals surface area contributed by atoms with Gasteiger partial charge in [-0.15, -0.1) is 0 Å². The van der Waals surface area contributed by atoms with Gasteiger partial charge in [0, 0.05) is 30.6 Å². The maximum atomic E-state index is 12.7. The van der Waals surface area contributed by atoms with E-state index in [0.29, 0.717) is 12.6 Å². The van der Waals surface area contributed by atoms with E-state index in [1.54, 1.807) is 0 Å². The van der Waals surface area contributed by atoms with E-state index in [1.165, 1.54) is 19.3 Å². The maximum Gasteiger partial charge on any atom is 0.317 e. The molecule has 0 bridgehead atoms. The number of amides is 2. The molecular weight excluding hydrogens is 300 g/mol. The summed E-state index contributed by atoms with van der Waals surface area (Å²) >= 11 is 0. The fourth-order valence-electron chi connectivity index (χ4n) is 3.84. The molecule has 2 aliphatic rings. The van der Waals surface area contributed by atoms with E-state index in [2.05, 4.69) is 5.32 Å². The average molecular weight is 328 g/mol. The van der Waals surface area contributed by atoms with E-state index in [9.17, 15) is 9.59 Å². The number of nitrogens with zero attached hydrogens (tertiary/aromatic N) is 1. The normalized spacial score (nSPS) is 22.2. The van der Waals surface area contributed by atoms with E-state index in [1.807, 2.05) is 36.1 Å². The lowest BCUT2D eigenvalue weighted by atomic mass is 9.90. The molecule has 1 aliphatic carbocycles. The molecule has 1 aromatic carbocycles. The second-order valence-electron chi connectivity index (χ2n) is 7.30. The molecule has 1 saturated carbocycles. The highest BCUT2D eigenvalue weighted by molar-refractivity contribution is 5.98. The zero-order valence-corrected chi connectivity index (χ0v) is 14.6. The molecule has 1 N–H and O–H groups in total. The van der Waals surface area contributed by atoms with Crippen LogP contribution in [0.25, 0.3) is 0 Å². The SMILES string of the molecule is Cc1ccc(C(=O)C2CCCN(C(=O)NC3CCCCC3)C2)cc1. The molecule has 0 radical (unpaired) electrons. The monoisotopic (exact) mass is 328 g/mol. The first-order chi connectivity index (χ1) is 11.6. The molecule has 1 heterocycles. The van der Waals surface area contributed by atoms with Crippen LogP contribution in [0, 0.1) is 12.8 Å². The van der Waals surface area contributed by atoms with Crippen molar-refractivity contribution in [1.29, 1.82) is 0 Å². The summed E-state index contributed by atoms with van der Waals surface area (Å²) in [7, 11) is 0. The number of urea groups is 1. The van der Waals surface area contributed by atoms with Crippen LogP contribution in [0.5, 0.6) is 0 Å². The summed E-state index contributed by atoms with van der Waals surface area (Å²) in [6, 6.07) is 8.09. The third-order valence-electron chi connectivity index (χ3n) is 5.35. The van der Waals surface area contributed by atoms with Gasteiger partial charge < -0.3 is 10.2 Å². The van der Waals surface area contributed by atoms with E-state index in [-0.39, 0.29) is 17.7 Å². The first kappa shape index (κ1) is 17.0. The van der Waals surface area contributed by atoms with Crippen LogP contribution in [0.4, 0.5) is 4.79 Å². The lowest BCUT2D eigenvalue weighted by Gasteiger charge is -2.34. The number of benzene rings is 1. The minimum Gasteiger partial charge on any atom is -0.335 e. The van der Waals surface area contributed by atoms with Gasteiger partial charge in [0.25, 0.3) is 0 Å². The van der Waals surface area contributed by atoms with Gasteiger partial charge in [0.05, 0.1) is 0 Å². The van der Waals surface area contributed by atoms with Crippen LogP contribution >= 0.6 is 0 Å². The van der Waals surface area contributed by atoms with Gasteiger partial charge in [0.1, 0.15) is 0 Å². The minimum absolute atomic E-state index is 0.0170. The summed E-state index contributed by atoms with van der Waals surface area (Å²) in [4.78, 5) is 27.1. The average Bonchev–Trinajstić information content (AvgIpc) is 2.63. The fraction of sp³-hybridized carbons (Fsp3) is 0.600. The van der Waals surface area contributed by atoms with Gasteiger partial charge in [-0.1, -0.05) is 49.1 Å². The van der Waals surface area contributed by atoms with Gasteiger partial charge in [0.15, 0.2) is 5.78 Å². The molecule has 2 amide bonds. The summed E-state index contributed by atoms with van der Waals surface area (Å²) in [5.41, 5.74) is 1.92. The molecule has 2 fully saturated rings. The third-order valence-corrected chi connectivity index (χ3v) is 5.35. The molecule has 1 aromatic rings. The van der Waals surface area contributed by atoms with E-state index in [4.69, 9.17) is 0 Å². The number of aryl methyl sites for hydroxylation is 1. The van der Waals surface area contributed by atoms with Crippen molar-refractivity contribution in [2.75, 3.05) is 13.1 Å². The van der Waals surface area contributed by atoms with Crippen LogP contribution in [0.2, 0.25) is 0 Å². The van der Waals surface area contributed by atoms with Crippen molar-refractivity contribution >= 4 is 11.8 Å². The first-order valence-corrected chi connectivity index (χ1v) is 9.30. The number of piperidine rings is 1. The second-order valence-corrected chi connectivity index (χ2v) is 7.30. The van der Waals surface area contributed by atoms with E-state index < -0.39 is 0 Å². The van der Waals surface area contributed by atoms with Crippen LogP contribution in [0.3, 0.4) is 0 Å². The third kappa shape index (κ3) is 4.16. The van der Waals surface area contributed by atoms with Crippen molar-refractivity contribution in [2.45, 2.75) is 57.9 Å². The Morgan fingerprint density at radius 3 is 2.42 bits per heavy atom. The highest BCUT2D eigenvalue weighted by Crippen LogP contribution is 2.22. The molecule has 130 valence electrons. The van der Waals surface area contributed by atoms with Crippen molar-refractivity contribution in [3.8, 4) is 0 Å². The molecule has 3 rings (SSSR count). The molecule has 1 aliphatic heterocycles. The Labute approximate surface area is 144 Å². The van der Waals surface area contributed by atoms with Crippen LogP contribution < -0.4 is 5.32 Å². The second kappa shape index (κ2) is 7.82. The summed E-state index contributed by atoms with van der Waals surface area (Å²) in [5.74, 6) is 0.101. The Kier molecular flexibility index (Phi) is 5.54. The number of carbonyl (C=O) groups excluding carboxylic acids is 2. The largest absolute Gasteiger partial charge is 0.335 e. The standard InChI is InChI=1S/C20H28N2O2/c1-15-9-11-16(12-10-15)19(23)17-6-5-13-22(14-17)20(24)21-18-7-3-2-4-8-18/h9-12,17-18H,2-8,13-14H2,1H3,(H,21,24). The Balaban J connectivity index is 1.58. The summed E-state index contributed by atoms with van der Waals surface area (Å²) in [5, 5.41) is 3.17. The highest BCUT2D eigenvalue weighted by Gasteiger charge is 2.30. The Morgan fingerprint density at radius 1 is 1.00 bits per heavy atom. The number of rotatable bonds is 3. The van der Waals surface area contributed by atoms with Crippen molar-refractivity contribution in [3.05, 3.63) is 35.4 Å². The minimum atomic E-state index is -0.0708. The Hall–Kier alpha value is -1.84. The van der Waals surface area contributed by atoms with E-state index >= 15 is 0 Å². The molecule has 0 spiro atoms. The van der Waals surface area contributed by atoms with Crippen molar-refractivity contribution < 1.29 is 9.59 Å². The Bertz CT molecular complexity index is 576. The summed E-state index contributed by atoms with van der Waals surface area (Å²) in [6.07, 6.45) is 7.65. The number of hydrogen-bond acceptors (Lipinski definition) is 2. The molecule has 0 aromatic heterocycles. The Morgan fingerprint density at radius 2 is 1.71 bits per heavy atom. The molecule has 24 heavy (non-hydrogen) atoms. The topological polar surface area (TPSA) is 49.4 Å². The van der Waals surface area contributed by atoms with Crippen molar-refractivity contribution in [3.63, 3.8) is 0 Å². The number of carbonyl (C=O) groups is 2. The van der Waals surface area contributed by atoms with Crippen LogP contribution in [0.1, 0.15) is 60.9 Å². The van der Waals surface area contributed by atoms with Gasteiger partial charge in [0.2, 0.25) is 0 Å². The lowest BCUT2D eigenvalue weighted by molar-refractivity contribution is 0.0843. The number of nitrogens with one attached hydrogen (secondary N) is 1. The smallest absolute Gasteiger partial charge is 0.317 e. The van der Waals surface area contributed by atoms with Crippen LogP contribution in [-0.4, -0.2) is 35.8 Å². The van der Waals surface area contributed by atoms with E-state index in [0.717, 1.165) is 43.4 Å². The maximum absolute atomic E-state index is 12.7. The van der Waals surface area contributed by atoms with Gasteiger partial charge in [-0.05, 0) is 32.6 Å². The van der Waals surface area contributed by atoms with Gasteiger partial charge in [-0.3, -0.25) is 4.79 Å². The van der Waals surface area contributed by atoms with Crippen molar-refractivity contribution in [2.24, 2.45) is 5.92 Å². The first-order valence-electron chi connectivity index (χ1n) is 9.30. The highest BCUT2D eigenvalue weighted by atomic mass is 16.2. The predicted octanol–water partition coefficient (Wildman–Crippen LogP) is 3.93. The van der Waals surface area contributed by atoms with Crippen LogP contribution in [-0.2, 0) is 0 Å². The molecular formula is C20H28N2O2. The van der Waals surface area contributed by atoms with Gasteiger partial charge in [-0.25, -0.2) is 4.79 Å². The van der Waals surface area contributed by atoms with Gasteiger partial charge in [-0.2, -0.15) is 0 Å². The molecule has 1 atom stereocenters. The number of ketones is 1. The zero-order chi connectivity index (χ0) is 16.9.